The highest BCUT2D eigenvalue weighted by atomic mass is 31.1. The maximum absolute atomic E-state index is 13.8. The van der Waals surface area contributed by atoms with Gasteiger partial charge >= 0.3 is 0 Å². The van der Waals surface area contributed by atoms with Crippen LogP contribution in [0.2, 0.25) is 0 Å². The third kappa shape index (κ3) is 4.80. The third-order valence-electron chi connectivity index (χ3n) is 7.41. The maximum atomic E-state index is 13.8. The van der Waals surface area contributed by atoms with Crippen LogP contribution in [0.15, 0.2) is 48.8 Å². The quantitative estimate of drug-likeness (QED) is 0.311. The number of carbonyl (C=O) groups excluding carboxylic acids is 1. The van der Waals surface area contributed by atoms with E-state index in [1.807, 2.05) is 41.4 Å². The largest absolute Gasteiger partial charge is 0.381 e. The number of fused-ring (bicyclic) bond motifs is 2. The van der Waals surface area contributed by atoms with Crippen molar-refractivity contribution < 1.29 is 13.9 Å². The van der Waals surface area contributed by atoms with Crippen molar-refractivity contribution in [2.75, 3.05) is 46.0 Å². The third-order valence-corrected chi connectivity index (χ3v) is 8.70. The van der Waals surface area contributed by atoms with Crippen LogP contribution in [0.25, 0.3) is 16.9 Å². The molecule has 1 saturated heterocycles. The zero-order chi connectivity index (χ0) is 27.3. The number of ether oxygens (including phenoxy) is 1. The van der Waals surface area contributed by atoms with Gasteiger partial charge in [0.1, 0.15) is 17.3 Å². The maximum Gasteiger partial charge on any atom is 0.259 e. The van der Waals surface area contributed by atoms with Crippen molar-refractivity contribution in [3.8, 4) is 11.3 Å². The van der Waals surface area contributed by atoms with Crippen LogP contribution in [0.1, 0.15) is 39.5 Å². The molecule has 2 aliphatic rings. The Morgan fingerprint density at radius 2 is 2.05 bits per heavy atom. The van der Waals surface area contributed by atoms with E-state index in [0.29, 0.717) is 29.5 Å². The summed E-state index contributed by atoms with van der Waals surface area (Å²) in [6, 6.07) is 10.9. The molecule has 10 heteroatoms. The molecule has 0 unspecified atom stereocenters. The molecule has 1 fully saturated rings. The average molecular weight is 547 g/mol. The molecule has 0 aliphatic carbocycles. The van der Waals surface area contributed by atoms with Crippen LogP contribution in [0.3, 0.4) is 0 Å². The Labute approximate surface area is 228 Å². The zero-order valence-electron chi connectivity index (χ0n) is 22.6. The first-order valence-corrected chi connectivity index (χ1v) is 15.3. The van der Waals surface area contributed by atoms with Gasteiger partial charge in [-0.2, -0.15) is 0 Å². The Bertz CT molecular complexity index is 1560. The lowest BCUT2D eigenvalue weighted by Crippen LogP contribution is -2.18. The minimum Gasteiger partial charge on any atom is -0.381 e. The van der Waals surface area contributed by atoms with Crippen molar-refractivity contribution in [2.24, 2.45) is 0 Å². The number of aromatic nitrogens is 3. The molecule has 1 atom stereocenters. The summed E-state index contributed by atoms with van der Waals surface area (Å²) < 4.78 is 23.2. The molecular formula is C29H32FN6O2P. The normalized spacial score (nSPS) is 17.2. The van der Waals surface area contributed by atoms with E-state index in [1.165, 1.54) is 17.7 Å². The molecule has 1 amide bonds. The van der Waals surface area contributed by atoms with Gasteiger partial charge in [0.25, 0.3) is 5.91 Å². The van der Waals surface area contributed by atoms with Gasteiger partial charge in [-0.05, 0) is 71.2 Å². The molecule has 6 rings (SSSR count). The van der Waals surface area contributed by atoms with E-state index in [4.69, 9.17) is 9.72 Å². The number of hydrogen-bond donors (Lipinski definition) is 1. The van der Waals surface area contributed by atoms with E-state index < -0.39 is 8.07 Å². The van der Waals surface area contributed by atoms with Crippen molar-refractivity contribution in [2.45, 2.75) is 25.4 Å². The predicted octanol–water partition coefficient (Wildman–Crippen LogP) is 5.46. The number of hydrogen-bond acceptors (Lipinski definition) is 6. The van der Waals surface area contributed by atoms with Crippen LogP contribution >= 0.6 is 8.07 Å². The summed E-state index contributed by atoms with van der Waals surface area (Å²) in [5.74, 6) is 0.739. The number of imidazole rings is 1. The number of nitrogens with zero attached hydrogens (tertiary/aromatic N) is 5. The highest BCUT2D eigenvalue weighted by Gasteiger charge is 2.35. The van der Waals surface area contributed by atoms with Crippen molar-refractivity contribution >= 4 is 31.1 Å². The fourth-order valence-corrected chi connectivity index (χ4v) is 6.41. The number of anilines is 2. The Morgan fingerprint density at radius 1 is 1.21 bits per heavy atom. The second-order valence-electron chi connectivity index (χ2n) is 10.6. The van der Waals surface area contributed by atoms with Gasteiger partial charge in [-0.1, -0.05) is 12.1 Å². The summed E-state index contributed by atoms with van der Waals surface area (Å²) >= 11 is 0. The van der Waals surface area contributed by atoms with Crippen molar-refractivity contribution in [1.82, 2.24) is 23.9 Å². The van der Waals surface area contributed by atoms with Crippen LogP contribution in [0, 0.1) is 5.82 Å². The van der Waals surface area contributed by atoms with E-state index in [1.54, 1.807) is 12.4 Å². The molecule has 39 heavy (non-hydrogen) atoms. The topological polar surface area (TPSA) is 75.0 Å². The first-order valence-electron chi connectivity index (χ1n) is 13.1. The number of amides is 1. The predicted molar refractivity (Wildman–Crippen MR) is 152 cm³/mol. The van der Waals surface area contributed by atoms with Crippen LogP contribution in [0.5, 0.6) is 0 Å². The Morgan fingerprint density at radius 3 is 2.79 bits per heavy atom. The van der Waals surface area contributed by atoms with Gasteiger partial charge in [-0.3, -0.25) is 9.20 Å². The number of pyridine rings is 2. The monoisotopic (exact) mass is 546 g/mol. The molecule has 0 radical (unpaired) electrons. The molecule has 3 aromatic heterocycles. The Balaban J connectivity index is 1.42. The minimum absolute atomic E-state index is 0.0126. The van der Waals surface area contributed by atoms with E-state index in [9.17, 15) is 9.18 Å². The highest BCUT2D eigenvalue weighted by molar-refractivity contribution is 7.54. The lowest BCUT2D eigenvalue weighted by Gasteiger charge is -2.20. The molecule has 2 aliphatic heterocycles. The van der Waals surface area contributed by atoms with Crippen LogP contribution in [-0.2, 0) is 17.8 Å². The van der Waals surface area contributed by atoms with Gasteiger partial charge in [-0.25, -0.2) is 14.4 Å². The Kier molecular flexibility index (Phi) is 6.83. The first kappa shape index (κ1) is 25.9. The van der Waals surface area contributed by atoms with Gasteiger partial charge in [0.2, 0.25) is 0 Å². The molecule has 5 heterocycles. The second kappa shape index (κ2) is 10.3. The Hall–Kier alpha value is -3.39. The van der Waals surface area contributed by atoms with Crippen LogP contribution < -0.4 is 5.32 Å². The van der Waals surface area contributed by atoms with E-state index >= 15 is 0 Å². The summed E-state index contributed by atoms with van der Waals surface area (Å²) in [6.45, 7) is 6.91. The van der Waals surface area contributed by atoms with Crippen LogP contribution in [-0.4, -0.2) is 70.5 Å². The van der Waals surface area contributed by atoms with E-state index in [2.05, 4.69) is 34.6 Å². The van der Waals surface area contributed by atoms with E-state index in [-0.39, 0.29) is 11.7 Å². The summed E-state index contributed by atoms with van der Waals surface area (Å²) in [6.07, 6.45) is 4.42. The van der Waals surface area contributed by atoms with Crippen LogP contribution in [0.4, 0.5) is 15.9 Å². The number of halogens is 1. The van der Waals surface area contributed by atoms with Gasteiger partial charge in [-0.15, -0.1) is 0 Å². The van der Waals surface area contributed by atoms with Gasteiger partial charge in [0.15, 0.2) is 0 Å². The number of carbonyl (C=O) groups is 1. The molecule has 1 aromatic carbocycles. The summed E-state index contributed by atoms with van der Waals surface area (Å²) in [5.41, 5.74) is 6.85. The average Bonchev–Trinajstić information content (AvgIpc) is 3.63. The fourth-order valence-electron chi connectivity index (χ4n) is 5.53. The molecule has 0 bridgehead atoms. The standard InChI is InChI=1S/C29H32FN6O2P/c1-34(2)16-24-20(18-10-12-38-17-18)6-8-26(33-24)32-23-7-5-21(22-15-36(39(3)4)29(37)28(22)23)25-14-31-27-13-19(30)9-11-35(25)27/h5-9,11,13-14,18H,10,12,15-17H2,1-4H3,(H,32,33)/t18-/m1/s1. The number of rotatable bonds is 7. The molecular weight excluding hydrogens is 514 g/mol. The van der Waals surface area contributed by atoms with Crippen molar-refractivity contribution in [1.29, 1.82) is 0 Å². The number of nitrogens with one attached hydrogen (secondary N) is 1. The van der Waals surface area contributed by atoms with Crippen molar-refractivity contribution in [3.63, 3.8) is 0 Å². The first-order chi connectivity index (χ1) is 18.8. The second-order valence-corrected chi connectivity index (χ2v) is 12.8. The molecule has 0 saturated carbocycles. The molecule has 8 nitrogen and oxygen atoms in total. The van der Waals surface area contributed by atoms with Gasteiger partial charge in [0.05, 0.1) is 42.0 Å². The summed E-state index contributed by atoms with van der Waals surface area (Å²) in [7, 11) is 3.44. The van der Waals surface area contributed by atoms with E-state index in [0.717, 1.165) is 54.4 Å². The molecule has 0 spiro atoms. The van der Waals surface area contributed by atoms with Gasteiger partial charge in [0, 0.05) is 36.9 Å². The SMILES string of the molecule is CN(C)Cc1nc(Nc2ccc(-c3cnc4cc(F)ccn34)c3c2C(=O)N(P(C)C)C3)ccc1[C@@H]1CCOC1. The summed E-state index contributed by atoms with van der Waals surface area (Å²) in [4.78, 5) is 25.2. The summed E-state index contributed by atoms with van der Waals surface area (Å²) in [5, 5.41) is 3.47. The smallest absolute Gasteiger partial charge is 0.259 e. The lowest BCUT2D eigenvalue weighted by molar-refractivity contribution is 0.0885. The number of benzene rings is 1. The van der Waals surface area contributed by atoms with Gasteiger partial charge < -0.3 is 19.6 Å². The zero-order valence-corrected chi connectivity index (χ0v) is 23.5. The van der Waals surface area contributed by atoms with Crippen molar-refractivity contribution in [3.05, 3.63) is 77.0 Å². The molecule has 202 valence electrons. The molecule has 1 N–H and O–H groups in total. The lowest BCUT2D eigenvalue weighted by atomic mass is 9.96. The minimum atomic E-state index is -0.642. The fraction of sp³-hybridized carbons (Fsp3) is 0.345. The molecule has 4 aromatic rings. The highest BCUT2D eigenvalue weighted by Crippen LogP contribution is 2.45.